The number of nitrogens with two attached hydrogens (primary N) is 1. The van der Waals surface area contributed by atoms with Gasteiger partial charge in [0.1, 0.15) is 6.04 Å². The Bertz CT molecular complexity index is 423. The Morgan fingerprint density at radius 1 is 1.19 bits per heavy atom. The fraction of sp³-hybridized carbons (Fsp3) is 0.588. The minimum atomic E-state index is -0.571. The summed E-state index contributed by atoms with van der Waals surface area (Å²) in [7, 11) is 0. The van der Waals surface area contributed by atoms with Crippen LogP contribution in [0, 0.1) is 12.3 Å². The molecule has 4 heteroatoms. The van der Waals surface area contributed by atoms with Gasteiger partial charge >= 0.3 is 0 Å². The number of unbranched alkanes of at least 4 members (excludes halogenated alkanes) is 1. The quantitative estimate of drug-likeness (QED) is 0.786. The average molecular weight is 313 g/mol. The van der Waals surface area contributed by atoms with Gasteiger partial charge in [-0.1, -0.05) is 57.0 Å². The highest BCUT2D eigenvalue weighted by atomic mass is 35.5. The lowest BCUT2D eigenvalue weighted by atomic mass is 9.90. The molecule has 21 heavy (non-hydrogen) atoms. The van der Waals surface area contributed by atoms with E-state index in [9.17, 15) is 4.79 Å². The molecular formula is C17H29ClN2O. The maximum Gasteiger partial charge on any atom is 0.241 e. The Labute approximate surface area is 135 Å². The van der Waals surface area contributed by atoms with E-state index in [1.165, 1.54) is 12.0 Å². The molecule has 0 aliphatic carbocycles. The maximum atomic E-state index is 12.0. The normalized spacial score (nSPS) is 12.4. The molecule has 1 amide bonds. The first kappa shape index (κ1) is 19.9. The summed E-state index contributed by atoms with van der Waals surface area (Å²) in [6.07, 6.45) is 3.31. The molecule has 0 heterocycles. The molecule has 0 aromatic heterocycles. The van der Waals surface area contributed by atoms with E-state index in [-0.39, 0.29) is 18.3 Å². The standard InChI is InChI=1S/C17H28N2O.ClH/c1-13-7-9-14(10-8-13)15(18)16(20)19-12-6-5-11-17(2,3)4;/h7-10,15H,5-6,11-12,18H2,1-4H3,(H,19,20);1H. The third-order valence-corrected chi connectivity index (χ3v) is 3.37. The van der Waals surface area contributed by atoms with E-state index in [1.54, 1.807) is 0 Å². The number of rotatable bonds is 6. The van der Waals surface area contributed by atoms with Crippen LogP contribution in [0.2, 0.25) is 0 Å². The zero-order chi connectivity index (χ0) is 15.2. The van der Waals surface area contributed by atoms with Crippen molar-refractivity contribution in [2.24, 2.45) is 11.1 Å². The fourth-order valence-electron chi connectivity index (χ4n) is 2.03. The van der Waals surface area contributed by atoms with Crippen LogP contribution in [-0.2, 0) is 4.79 Å². The van der Waals surface area contributed by atoms with Crippen molar-refractivity contribution in [1.82, 2.24) is 5.32 Å². The predicted octanol–water partition coefficient (Wildman–Crippen LogP) is 3.75. The number of halogens is 1. The number of hydrogen-bond acceptors (Lipinski definition) is 2. The second-order valence-corrected chi connectivity index (χ2v) is 6.70. The molecule has 1 aromatic rings. The van der Waals surface area contributed by atoms with E-state index >= 15 is 0 Å². The summed E-state index contributed by atoms with van der Waals surface area (Å²) in [6.45, 7) is 9.43. The Hall–Kier alpha value is -1.06. The number of carbonyl (C=O) groups excluding carboxylic acids is 1. The number of hydrogen-bond donors (Lipinski definition) is 2. The van der Waals surface area contributed by atoms with Crippen molar-refractivity contribution in [3.8, 4) is 0 Å². The third-order valence-electron chi connectivity index (χ3n) is 3.37. The van der Waals surface area contributed by atoms with Crippen molar-refractivity contribution in [3.63, 3.8) is 0 Å². The van der Waals surface area contributed by atoms with Gasteiger partial charge < -0.3 is 11.1 Å². The number of carbonyl (C=O) groups is 1. The van der Waals surface area contributed by atoms with E-state index in [4.69, 9.17) is 5.73 Å². The smallest absolute Gasteiger partial charge is 0.241 e. The molecule has 0 saturated heterocycles. The zero-order valence-corrected chi connectivity index (χ0v) is 14.4. The van der Waals surface area contributed by atoms with Crippen LogP contribution in [-0.4, -0.2) is 12.5 Å². The highest BCUT2D eigenvalue weighted by Gasteiger charge is 2.15. The van der Waals surface area contributed by atoms with Crippen molar-refractivity contribution >= 4 is 18.3 Å². The van der Waals surface area contributed by atoms with Crippen LogP contribution < -0.4 is 11.1 Å². The Balaban J connectivity index is 0.00000400. The van der Waals surface area contributed by atoms with Gasteiger partial charge in [0.15, 0.2) is 0 Å². The van der Waals surface area contributed by atoms with Gasteiger partial charge in [0.2, 0.25) is 5.91 Å². The van der Waals surface area contributed by atoms with Crippen LogP contribution in [0.1, 0.15) is 57.2 Å². The van der Waals surface area contributed by atoms with Crippen molar-refractivity contribution in [2.75, 3.05) is 6.54 Å². The third kappa shape index (κ3) is 8.08. The maximum absolute atomic E-state index is 12.0. The highest BCUT2D eigenvalue weighted by Crippen LogP contribution is 2.21. The van der Waals surface area contributed by atoms with Gasteiger partial charge in [0.25, 0.3) is 0 Å². The summed E-state index contributed by atoms with van der Waals surface area (Å²) in [5.74, 6) is -0.0930. The van der Waals surface area contributed by atoms with Gasteiger partial charge in [-0.2, -0.15) is 0 Å². The van der Waals surface area contributed by atoms with Crippen LogP contribution in [0.4, 0.5) is 0 Å². The van der Waals surface area contributed by atoms with Gasteiger partial charge in [-0.3, -0.25) is 4.79 Å². The molecule has 0 bridgehead atoms. The van der Waals surface area contributed by atoms with Gasteiger partial charge in [-0.25, -0.2) is 0 Å². The van der Waals surface area contributed by atoms with Crippen LogP contribution in [0.3, 0.4) is 0 Å². The monoisotopic (exact) mass is 312 g/mol. The predicted molar refractivity (Wildman–Crippen MR) is 91.7 cm³/mol. The molecule has 0 aliphatic heterocycles. The van der Waals surface area contributed by atoms with Crippen LogP contribution in [0.5, 0.6) is 0 Å². The van der Waals surface area contributed by atoms with E-state index in [2.05, 4.69) is 26.1 Å². The molecule has 0 fully saturated rings. The first-order chi connectivity index (χ1) is 9.29. The number of benzene rings is 1. The highest BCUT2D eigenvalue weighted by molar-refractivity contribution is 5.85. The topological polar surface area (TPSA) is 55.1 Å². The first-order valence-corrected chi connectivity index (χ1v) is 7.39. The summed E-state index contributed by atoms with van der Waals surface area (Å²) in [5, 5.41) is 2.92. The number of amides is 1. The molecule has 1 rings (SSSR count). The Morgan fingerprint density at radius 2 is 1.76 bits per heavy atom. The van der Waals surface area contributed by atoms with Crippen molar-refractivity contribution < 1.29 is 4.79 Å². The fourth-order valence-corrected chi connectivity index (χ4v) is 2.03. The number of aryl methyl sites for hydroxylation is 1. The summed E-state index contributed by atoms with van der Waals surface area (Å²) in [5.41, 5.74) is 8.36. The van der Waals surface area contributed by atoms with Gasteiger partial charge in [-0.05, 0) is 30.7 Å². The lowest BCUT2D eigenvalue weighted by Gasteiger charge is -2.18. The molecule has 3 nitrogen and oxygen atoms in total. The summed E-state index contributed by atoms with van der Waals surface area (Å²) in [4.78, 5) is 12.0. The second kappa shape index (κ2) is 9.06. The van der Waals surface area contributed by atoms with Crippen molar-refractivity contribution in [3.05, 3.63) is 35.4 Å². The first-order valence-electron chi connectivity index (χ1n) is 7.39. The molecule has 1 aromatic carbocycles. The molecule has 0 aliphatic rings. The van der Waals surface area contributed by atoms with E-state index in [0.29, 0.717) is 12.0 Å². The SMILES string of the molecule is Cc1ccc(C(N)C(=O)NCCCCC(C)(C)C)cc1.Cl. The van der Waals surface area contributed by atoms with Crippen LogP contribution in [0.15, 0.2) is 24.3 Å². The van der Waals surface area contributed by atoms with Gasteiger partial charge in [0, 0.05) is 6.54 Å². The number of nitrogens with one attached hydrogen (secondary N) is 1. The van der Waals surface area contributed by atoms with E-state index in [0.717, 1.165) is 18.4 Å². The van der Waals surface area contributed by atoms with Crippen molar-refractivity contribution in [1.29, 1.82) is 0 Å². The van der Waals surface area contributed by atoms with Gasteiger partial charge in [0.05, 0.1) is 0 Å². The Kier molecular flexibility index (Phi) is 8.60. The average Bonchev–Trinajstić information content (AvgIpc) is 2.37. The summed E-state index contributed by atoms with van der Waals surface area (Å²) in [6, 6.07) is 7.22. The van der Waals surface area contributed by atoms with Crippen LogP contribution in [0.25, 0.3) is 0 Å². The Morgan fingerprint density at radius 3 is 2.29 bits per heavy atom. The molecule has 0 spiro atoms. The van der Waals surface area contributed by atoms with E-state index in [1.807, 2.05) is 31.2 Å². The lowest BCUT2D eigenvalue weighted by molar-refractivity contribution is -0.122. The lowest BCUT2D eigenvalue weighted by Crippen LogP contribution is -2.34. The molecule has 0 radical (unpaired) electrons. The van der Waals surface area contributed by atoms with Crippen molar-refractivity contribution in [2.45, 2.75) is 53.0 Å². The molecule has 120 valence electrons. The molecule has 3 N–H and O–H groups in total. The summed E-state index contributed by atoms with van der Waals surface area (Å²) < 4.78 is 0. The second-order valence-electron chi connectivity index (χ2n) is 6.70. The molecular weight excluding hydrogens is 284 g/mol. The van der Waals surface area contributed by atoms with Crippen LogP contribution >= 0.6 is 12.4 Å². The minimum absolute atomic E-state index is 0. The zero-order valence-electron chi connectivity index (χ0n) is 13.6. The van der Waals surface area contributed by atoms with E-state index < -0.39 is 6.04 Å². The molecule has 1 atom stereocenters. The molecule has 0 saturated carbocycles. The minimum Gasteiger partial charge on any atom is -0.354 e. The largest absolute Gasteiger partial charge is 0.354 e. The van der Waals surface area contributed by atoms with Gasteiger partial charge in [-0.15, -0.1) is 12.4 Å². The summed E-state index contributed by atoms with van der Waals surface area (Å²) >= 11 is 0. The molecule has 1 unspecified atom stereocenters.